The molecule has 1 fully saturated rings. The molecule has 7 heteroatoms. The van der Waals surface area contributed by atoms with Crippen LogP contribution in [-0.2, 0) is 6.54 Å². The number of carbonyl (C=O) groups is 2. The van der Waals surface area contributed by atoms with Gasteiger partial charge in [-0.05, 0) is 55.4 Å². The van der Waals surface area contributed by atoms with E-state index in [1.54, 1.807) is 6.07 Å². The molecular formula is C25H29FN4O2. The van der Waals surface area contributed by atoms with Crippen molar-refractivity contribution in [3.05, 3.63) is 65.6 Å². The van der Waals surface area contributed by atoms with E-state index in [1.807, 2.05) is 29.2 Å². The Kier molecular flexibility index (Phi) is 6.55. The van der Waals surface area contributed by atoms with Crippen LogP contribution in [0.5, 0.6) is 0 Å². The largest absolute Gasteiger partial charge is 0.337 e. The van der Waals surface area contributed by atoms with Gasteiger partial charge in [-0.3, -0.25) is 9.59 Å². The molecule has 0 radical (unpaired) electrons. The van der Waals surface area contributed by atoms with E-state index in [9.17, 15) is 14.0 Å². The van der Waals surface area contributed by atoms with Crippen LogP contribution in [0.4, 0.5) is 10.1 Å². The highest BCUT2D eigenvalue weighted by Crippen LogP contribution is 2.26. The first-order valence-corrected chi connectivity index (χ1v) is 11.2. The summed E-state index contributed by atoms with van der Waals surface area (Å²) in [5.74, 6) is -0.773. The Hall–Kier alpha value is -3.19. The van der Waals surface area contributed by atoms with Crippen LogP contribution >= 0.6 is 0 Å². The van der Waals surface area contributed by atoms with Gasteiger partial charge in [-0.15, -0.1) is 0 Å². The molecule has 0 bridgehead atoms. The summed E-state index contributed by atoms with van der Waals surface area (Å²) in [5, 5.41) is 3.72. The number of anilines is 1. The monoisotopic (exact) mass is 436 g/mol. The minimum atomic E-state index is -0.451. The molecule has 3 aromatic rings. The number of piperazine rings is 1. The Morgan fingerprint density at radius 1 is 1.00 bits per heavy atom. The number of rotatable bonds is 6. The van der Waals surface area contributed by atoms with Crippen molar-refractivity contribution < 1.29 is 14.0 Å². The summed E-state index contributed by atoms with van der Waals surface area (Å²) in [4.78, 5) is 30.1. The van der Waals surface area contributed by atoms with Gasteiger partial charge in [0, 0.05) is 54.9 Å². The first-order chi connectivity index (χ1) is 15.5. The average Bonchev–Trinajstić information content (AvgIpc) is 3.16. The number of hydrogen-bond donors (Lipinski definition) is 1. The molecule has 0 atom stereocenters. The van der Waals surface area contributed by atoms with Crippen molar-refractivity contribution in [2.24, 2.45) is 0 Å². The third-order valence-corrected chi connectivity index (χ3v) is 6.02. The van der Waals surface area contributed by atoms with E-state index >= 15 is 0 Å². The number of likely N-dealkylation sites (N-methyl/N-ethyl adjacent to an activating group) is 1. The Bertz CT molecular complexity index is 1130. The van der Waals surface area contributed by atoms with E-state index in [1.165, 1.54) is 18.2 Å². The Balaban J connectivity index is 1.59. The van der Waals surface area contributed by atoms with E-state index in [2.05, 4.69) is 28.6 Å². The molecule has 0 aliphatic carbocycles. The van der Waals surface area contributed by atoms with Crippen LogP contribution in [0.1, 0.15) is 41.1 Å². The van der Waals surface area contributed by atoms with Crippen molar-refractivity contribution in [2.75, 3.05) is 38.0 Å². The molecular weight excluding hydrogens is 407 g/mol. The Labute approximate surface area is 187 Å². The van der Waals surface area contributed by atoms with Crippen LogP contribution in [0.2, 0.25) is 0 Å². The number of hydrogen-bond acceptors (Lipinski definition) is 3. The van der Waals surface area contributed by atoms with Crippen LogP contribution in [0, 0.1) is 5.82 Å². The second-order valence-corrected chi connectivity index (χ2v) is 8.15. The molecule has 0 saturated carbocycles. The fourth-order valence-electron chi connectivity index (χ4n) is 4.25. The summed E-state index contributed by atoms with van der Waals surface area (Å²) in [6.45, 7) is 9.23. The highest BCUT2D eigenvalue weighted by atomic mass is 19.1. The smallest absolute Gasteiger partial charge is 0.270 e. The maximum absolute atomic E-state index is 13.4. The molecule has 6 nitrogen and oxygen atoms in total. The second kappa shape index (κ2) is 9.53. The summed E-state index contributed by atoms with van der Waals surface area (Å²) in [6, 6.07) is 13.1. The van der Waals surface area contributed by atoms with Crippen molar-refractivity contribution in [3.63, 3.8) is 0 Å². The summed E-state index contributed by atoms with van der Waals surface area (Å²) in [5.41, 5.74) is 2.51. The van der Waals surface area contributed by atoms with E-state index in [-0.39, 0.29) is 17.4 Å². The zero-order chi connectivity index (χ0) is 22.7. The number of fused-ring (bicyclic) bond motifs is 1. The fraction of sp³-hybridized carbons (Fsp3) is 0.360. The third kappa shape index (κ3) is 4.53. The average molecular weight is 437 g/mol. The van der Waals surface area contributed by atoms with Gasteiger partial charge in [0.15, 0.2) is 0 Å². The van der Waals surface area contributed by atoms with Gasteiger partial charge in [0.05, 0.1) is 0 Å². The molecule has 4 rings (SSSR count). The molecule has 1 aliphatic rings. The Morgan fingerprint density at radius 3 is 2.47 bits per heavy atom. The maximum atomic E-state index is 13.4. The van der Waals surface area contributed by atoms with Crippen molar-refractivity contribution >= 4 is 28.4 Å². The fourth-order valence-corrected chi connectivity index (χ4v) is 4.25. The first-order valence-electron chi connectivity index (χ1n) is 11.2. The number of aromatic nitrogens is 1. The topological polar surface area (TPSA) is 57.6 Å². The third-order valence-electron chi connectivity index (χ3n) is 6.02. The van der Waals surface area contributed by atoms with Crippen molar-refractivity contribution in [1.29, 1.82) is 0 Å². The van der Waals surface area contributed by atoms with Crippen molar-refractivity contribution in [2.45, 2.75) is 26.8 Å². The second-order valence-electron chi connectivity index (χ2n) is 8.15. The Morgan fingerprint density at radius 2 is 1.78 bits per heavy atom. The van der Waals surface area contributed by atoms with E-state index in [0.717, 1.165) is 56.6 Å². The molecule has 168 valence electrons. The van der Waals surface area contributed by atoms with Gasteiger partial charge in [0.2, 0.25) is 0 Å². The molecule has 0 spiro atoms. The number of nitrogens with zero attached hydrogens (tertiary/aromatic N) is 3. The van der Waals surface area contributed by atoms with Gasteiger partial charge in [-0.2, -0.15) is 0 Å². The summed E-state index contributed by atoms with van der Waals surface area (Å²) < 4.78 is 15.5. The van der Waals surface area contributed by atoms with Crippen LogP contribution < -0.4 is 5.32 Å². The lowest BCUT2D eigenvalue weighted by atomic mass is 10.2. The highest BCUT2D eigenvalue weighted by Gasteiger charge is 2.24. The number of aryl methyl sites for hydroxylation is 1. The highest BCUT2D eigenvalue weighted by molar-refractivity contribution is 6.06. The van der Waals surface area contributed by atoms with Gasteiger partial charge in [0.1, 0.15) is 11.5 Å². The normalized spacial score (nSPS) is 14.7. The lowest BCUT2D eigenvalue weighted by Gasteiger charge is -2.34. The predicted molar refractivity (Wildman–Crippen MR) is 125 cm³/mol. The van der Waals surface area contributed by atoms with Gasteiger partial charge in [-0.1, -0.05) is 19.9 Å². The van der Waals surface area contributed by atoms with Crippen molar-refractivity contribution in [1.82, 2.24) is 14.4 Å². The van der Waals surface area contributed by atoms with Gasteiger partial charge in [-0.25, -0.2) is 4.39 Å². The van der Waals surface area contributed by atoms with Crippen LogP contribution in [-0.4, -0.2) is 58.9 Å². The van der Waals surface area contributed by atoms with Crippen LogP contribution in [0.3, 0.4) is 0 Å². The molecule has 1 saturated heterocycles. The predicted octanol–water partition coefficient (Wildman–Crippen LogP) is 4.22. The zero-order valence-electron chi connectivity index (χ0n) is 18.6. The number of benzene rings is 2. The summed E-state index contributed by atoms with van der Waals surface area (Å²) in [7, 11) is 0. The minimum Gasteiger partial charge on any atom is -0.337 e. The first kappa shape index (κ1) is 22.0. The van der Waals surface area contributed by atoms with Gasteiger partial charge < -0.3 is 19.7 Å². The van der Waals surface area contributed by atoms with Gasteiger partial charge >= 0.3 is 0 Å². The number of nitrogens with one attached hydrogen (secondary N) is 1. The molecule has 1 aliphatic heterocycles. The molecule has 2 heterocycles. The molecule has 2 amide bonds. The van der Waals surface area contributed by atoms with Crippen LogP contribution in [0.25, 0.3) is 10.9 Å². The molecule has 1 N–H and O–H groups in total. The lowest BCUT2D eigenvalue weighted by molar-refractivity contribution is 0.0633. The summed E-state index contributed by atoms with van der Waals surface area (Å²) >= 11 is 0. The number of amides is 2. The van der Waals surface area contributed by atoms with Crippen molar-refractivity contribution in [3.8, 4) is 0 Å². The molecule has 2 aromatic carbocycles. The summed E-state index contributed by atoms with van der Waals surface area (Å²) in [6.07, 6.45) is 0.908. The molecule has 32 heavy (non-hydrogen) atoms. The number of halogens is 1. The quantitative estimate of drug-likeness (QED) is 0.630. The standard InChI is InChI=1S/C25H29FN4O2/c1-3-10-30-22-9-8-21(27-24(31)18-6-5-7-20(26)15-18)16-19(22)17-23(30)25(32)29-13-11-28(4-2)12-14-29/h5-9,15-17H,3-4,10-14H2,1-2H3,(H,27,31). The van der Waals surface area contributed by atoms with E-state index in [0.29, 0.717) is 11.4 Å². The van der Waals surface area contributed by atoms with Crippen LogP contribution in [0.15, 0.2) is 48.5 Å². The maximum Gasteiger partial charge on any atom is 0.270 e. The minimum absolute atomic E-state index is 0.0516. The zero-order valence-corrected chi connectivity index (χ0v) is 18.6. The van der Waals surface area contributed by atoms with E-state index in [4.69, 9.17) is 0 Å². The lowest BCUT2D eigenvalue weighted by Crippen LogP contribution is -2.48. The SMILES string of the molecule is CCCn1c(C(=O)N2CCN(CC)CC2)cc2cc(NC(=O)c3cccc(F)c3)ccc21. The van der Waals surface area contributed by atoms with E-state index < -0.39 is 5.82 Å². The molecule has 0 unspecified atom stereocenters. The van der Waals surface area contributed by atoms with Gasteiger partial charge in [0.25, 0.3) is 11.8 Å². The molecule has 1 aromatic heterocycles. The number of carbonyl (C=O) groups excluding carboxylic acids is 2.